The molecule has 3 aromatic rings. The van der Waals surface area contributed by atoms with Crippen molar-refractivity contribution in [2.75, 3.05) is 14.2 Å². The highest BCUT2D eigenvalue weighted by Crippen LogP contribution is 2.29. The summed E-state index contributed by atoms with van der Waals surface area (Å²) in [6, 6.07) is 18.9. The molecule has 1 amide bonds. The molecule has 0 bridgehead atoms. The molecule has 144 valence electrons. The summed E-state index contributed by atoms with van der Waals surface area (Å²) in [6.07, 6.45) is 2.42. The van der Waals surface area contributed by atoms with Gasteiger partial charge >= 0.3 is 0 Å². The Kier molecular flexibility index (Phi) is 6.27. The molecule has 0 aliphatic rings. The van der Waals surface area contributed by atoms with Crippen LogP contribution in [0.5, 0.6) is 11.5 Å². The van der Waals surface area contributed by atoms with Crippen LogP contribution in [0.2, 0.25) is 0 Å². The van der Waals surface area contributed by atoms with Gasteiger partial charge in [-0.1, -0.05) is 18.2 Å². The fraction of sp³-hybridized carbons (Fsp3) is 0.217. The van der Waals surface area contributed by atoms with Crippen LogP contribution in [0.25, 0.3) is 11.1 Å². The van der Waals surface area contributed by atoms with Gasteiger partial charge in [-0.3, -0.25) is 9.78 Å². The molecule has 1 heterocycles. The largest absolute Gasteiger partial charge is 0.497 e. The Bertz CT molecular complexity index is 924. The molecular weight excluding hydrogens is 352 g/mol. The van der Waals surface area contributed by atoms with Gasteiger partial charge in [0.05, 0.1) is 19.8 Å². The van der Waals surface area contributed by atoms with Gasteiger partial charge in [0, 0.05) is 24.4 Å². The fourth-order valence-electron chi connectivity index (χ4n) is 3.05. The minimum atomic E-state index is -0.145. The predicted octanol–water partition coefficient (Wildman–Crippen LogP) is 4.13. The third-order valence-corrected chi connectivity index (χ3v) is 4.49. The van der Waals surface area contributed by atoms with Crippen molar-refractivity contribution < 1.29 is 14.3 Å². The summed E-state index contributed by atoms with van der Waals surface area (Å²) < 4.78 is 10.5. The number of hydrogen-bond donors (Lipinski definition) is 1. The van der Waals surface area contributed by atoms with Crippen LogP contribution in [-0.4, -0.2) is 31.2 Å². The van der Waals surface area contributed by atoms with Crippen molar-refractivity contribution in [3.05, 3.63) is 78.1 Å². The van der Waals surface area contributed by atoms with Gasteiger partial charge in [0.2, 0.25) is 0 Å². The number of carbonyl (C=O) groups is 1. The predicted molar refractivity (Wildman–Crippen MR) is 110 cm³/mol. The number of nitrogens with zero attached hydrogens (tertiary/aromatic N) is 1. The standard InChI is InChI=1S/C23H24N2O3/c1-16(14-18-6-4-5-13-24-18)25-23(26)22-15-20(28-3)11-12-21(22)17-7-9-19(27-2)10-8-17/h4-13,15-16H,14H2,1-3H3,(H,25,26). The monoisotopic (exact) mass is 376 g/mol. The first-order valence-electron chi connectivity index (χ1n) is 9.14. The van der Waals surface area contributed by atoms with Gasteiger partial charge in [-0.15, -0.1) is 0 Å². The smallest absolute Gasteiger partial charge is 0.252 e. The molecular formula is C23H24N2O3. The summed E-state index contributed by atoms with van der Waals surface area (Å²) in [4.78, 5) is 17.3. The van der Waals surface area contributed by atoms with Gasteiger partial charge in [-0.05, 0) is 60.5 Å². The number of hydrogen-bond acceptors (Lipinski definition) is 4. The molecule has 5 nitrogen and oxygen atoms in total. The summed E-state index contributed by atoms with van der Waals surface area (Å²) in [6.45, 7) is 1.97. The van der Waals surface area contributed by atoms with Crippen molar-refractivity contribution in [1.82, 2.24) is 10.3 Å². The van der Waals surface area contributed by atoms with E-state index in [-0.39, 0.29) is 11.9 Å². The molecule has 1 N–H and O–H groups in total. The van der Waals surface area contributed by atoms with Crippen molar-refractivity contribution in [2.45, 2.75) is 19.4 Å². The van der Waals surface area contributed by atoms with Crippen LogP contribution in [0.4, 0.5) is 0 Å². The van der Waals surface area contributed by atoms with Crippen LogP contribution in [0.3, 0.4) is 0 Å². The van der Waals surface area contributed by atoms with Gasteiger partial charge in [-0.25, -0.2) is 0 Å². The normalized spacial score (nSPS) is 11.5. The SMILES string of the molecule is COc1ccc(-c2ccc(OC)cc2C(=O)NC(C)Cc2ccccn2)cc1. The minimum absolute atomic E-state index is 0.0580. The molecule has 1 aromatic heterocycles. The van der Waals surface area contributed by atoms with Crippen LogP contribution < -0.4 is 14.8 Å². The van der Waals surface area contributed by atoms with E-state index in [0.29, 0.717) is 17.7 Å². The third-order valence-electron chi connectivity index (χ3n) is 4.49. The van der Waals surface area contributed by atoms with Gasteiger partial charge in [-0.2, -0.15) is 0 Å². The van der Waals surface area contributed by atoms with Crippen molar-refractivity contribution >= 4 is 5.91 Å². The van der Waals surface area contributed by atoms with E-state index in [4.69, 9.17) is 9.47 Å². The Balaban J connectivity index is 1.84. The third kappa shape index (κ3) is 4.68. The first-order chi connectivity index (χ1) is 13.6. The zero-order chi connectivity index (χ0) is 19.9. The van der Waals surface area contributed by atoms with E-state index in [0.717, 1.165) is 22.6 Å². The summed E-state index contributed by atoms with van der Waals surface area (Å²) in [7, 11) is 3.22. The Morgan fingerprint density at radius 2 is 1.71 bits per heavy atom. The minimum Gasteiger partial charge on any atom is -0.497 e. The number of pyridine rings is 1. The molecule has 1 atom stereocenters. The second kappa shape index (κ2) is 9.04. The molecule has 28 heavy (non-hydrogen) atoms. The number of amides is 1. The quantitative estimate of drug-likeness (QED) is 0.674. The Morgan fingerprint density at radius 1 is 1.00 bits per heavy atom. The molecule has 0 saturated heterocycles. The van der Waals surface area contributed by atoms with Gasteiger partial charge < -0.3 is 14.8 Å². The highest BCUT2D eigenvalue weighted by molar-refractivity contribution is 6.01. The first kappa shape index (κ1) is 19.4. The average Bonchev–Trinajstić information content (AvgIpc) is 2.74. The summed E-state index contributed by atoms with van der Waals surface area (Å²) in [5, 5.41) is 3.07. The molecule has 0 saturated carbocycles. The van der Waals surface area contributed by atoms with Crippen LogP contribution in [-0.2, 0) is 6.42 Å². The number of rotatable bonds is 7. The second-order valence-corrected chi connectivity index (χ2v) is 6.54. The summed E-state index contributed by atoms with van der Waals surface area (Å²) in [5.74, 6) is 1.26. The molecule has 3 rings (SSSR count). The summed E-state index contributed by atoms with van der Waals surface area (Å²) >= 11 is 0. The Morgan fingerprint density at radius 3 is 2.36 bits per heavy atom. The molecule has 0 fully saturated rings. The average molecular weight is 376 g/mol. The van der Waals surface area contributed by atoms with E-state index < -0.39 is 0 Å². The maximum absolute atomic E-state index is 13.0. The molecule has 0 aliphatic heterocycles. The van der Waals surface area contributed by atoms with E-state index in [1.807, 2.05) is 61.5 Å². The molecule has 0 aliphatic carbocycles. The Hall–Kier alpha value is -3.34. The van der Waals surface area contributed by atoms with Gasteiger partial charge in [0.1, 0.15) is 11.5 Å². The fourth-order valence-corrected chi connectivity index (χ4v) is 3.05. The van der Waals surface area contributed by atoms with Crippen LogP contribution in [0.1, 0.15) is 23.0 Å². The Labute approximate surface area is 165 Å². The highest BCUT2D eigenvalue weighted by atomic mass is 16.5. The lowest BCUT2D eigenvalue weighted by atomic mass is 9.98. The van der Waals surface area contributed by atoms with E-state index in [2.05, 4.69) is 10.3 Å². The van der Waals surface area contributed by atoms with Gasteiger partial charge in [0.25, 0.3) is 5.91 Å². The van der Waals surface area contributed by atoms with E-state index in [1.165, 1.54) is 0 Å². The summed E-state index contributed by atoms with van der Waals surface area (Å²) in [5.41, 5.74) is 3.28. The van der Waals surface area contributed by atoms with Gasteiger partial charge in [0.15, 0.2) is 0 Å². The number of nitrogens with one attached hydrogen (secondary N) is 1. The second-order valence-electron chi connectivity index (χ2n) is 6.54. The number of aromatic nitrogens is 1. The van der Waals surface area contributed by atoms with Crippen molar-refractivity contribution in [1.29, 1.82) is 0 Å². The van der Waals surface area contributed by atoms with E-state index >= 15 is 0 Å². The molecule has 0 radical (unpaired) electrons. The van der Waals surface area contributed by atoms with Crippen LogP contribution in [0.15, 0.2) is 66.9 Å². The molecule has 1 unspecified atom stereocenters. The van der Waals surface area contributed by atoms with Crippen LogP contribution >= 0.6 is 0 Å². The van der Waals surface area contributed by atoms with E-state index in [1.54, 1.807) is 26.5 Å². The highest BCUT2D eigenvalue weighted by Gasteiger charge is 2.17. The number of benzene rings is 2. The van der Waals surface area contributed by atoms with Crippen molar-refractivity contribution in [2.24, 2.45) is 0 Å². The molecule has 0 spiro atoms. The zero-order valence-corrected chi connectivity index (χ0v) is 16.3. The number of carbonyl (C=O) groups excluding carboxylic acids is 1. The molecule has 2 aromatic carbocycles. The van der Waals surface area contributed by atoms with E-state index in [9.17, 15) is 4.79 Å². The lowest BCUT2D eigenvalue weighted by Crippen LogP contribution is -2.34. The first-order valence-corrected chi connectivity index (χ1v) is 9.14. The van der Waals surface area contributed by atoms with Crippen molar-refractivity contribution in [3.63, 3.8) is 0 Å². The maximum atomic E-state index is 13.0. The zero-order valence-electron chi connectivity index (χ0n) is 16.3. The lowest BCUT2D eigenvalue weighted by molar-refractivity contribution is 0.0940. The topological polar surface area (TPSA) is 60.5 Å². The molecule has 5 heteroatoms. The van der Waals surface area contributed by atoms with Crippen molar-refractivity contribution in [3.8, 4) is 22.6 Å². The lowest BCUT2D eigenvalue weighted by Gasteiger charge is -2.16. The maximum Gasteiger partial charge on any atom is 0.252 e. The van der Waals surface area contributed by atoms with Crippen LogP contribution in [0, 0.1) is 0 Å². The number of methoxy groups -OCH3 is 2. The number of ether oxygens (including phenoxy) is 2.